The van der Waals surface area contributed by atoms with Crippen molar-refractivity contribution in [3.05, 3.63) is 69.1 Å². The van der Waals surface area contributed by atoms with E-state index in [-0.39, 0.29) is 30.2 Å². The second-order valence-electron chi connectivity index (χ2n) is 6.15. The number of nitro benzene ring substituents is 1. The fourth-order valence-electron chi connectivity index (χ4n) is 2.78. The SMILES string of the molecule is COc1ccccc1C=C1SC(=S)N(CCC(=O)Nc2ccccc2[N+](=O)[O-])C1=O. The summed E-state index contributed by atoms with van der Waals surface area (Å²) in [6, 6.07) is 13.1. The number of thiocarbonyl (C=S) groups is 1. The third-order valence-corrected chi connectivity index (χ3v) is 5.61. The van der Waals surface area contributed by atoms with Gasteiger partial charge in [0.25, 0.3) is 11.6 Å². The van der Waals surface area contributed by atoms with Gasteiger partial charge in [0.15, 0.2) is 0 Å². The average Bonchev–Trinajstić information content (AvgIpc) is 2.99. The van der Waals surface area contributed by atoms with Crippen molar-refractivity contribution >= 4 is 57.6 Å². The molecule has 0 bridgehead atoms. The highest BCUT2D eigenvalue weighted by Crippen LogP contribution is 2.34. The van der Waals surface area contributed by atoms with E-state index in [0.29, 0.717) is 15.0 Å². The van der Waals surface area contributed by atoms with E-state index >= 15 is 0 Å². The van der Waals surface area contributed by atoms with Crippen molar-refractivity contribution in [2.45, 2.75) is 6.42 Å². The Labute approximate surface area is 182 Å². The molecule has 3 rings (SSSR count). The van der Waals surface area contributed by atoms with Gasteiger partial charge >= 0.3 is 0 Å². The summed E-state index contributed by atoms with van der Waals surface area (Å²) in [7, 11) is 1.55. The number of carbonyl (C=O) groups is 2. The van der Waals surface area contributed by atoms with Gasteiger partial charge in [0, 0.05) is 24.6 Å². The number of para-hydroxylation sites is 3. The number of hydrogen-bond acceptors (Lipinski definition) is 7. The molecule has 0 aromatic heterocycles. The predicted molar refractivity (Wildman–Crippen MR) is 119 cm³/mol. The van der Waals surface area contributed by atoms with Crippen LogP contribution in [0.5, 0.6) is 5.75 Å². The van der Waals surface area contributed by atoms with Crippen LogP contribution in [0.15, 0.2) is 53.4 Å². The lowest BCUT2D eigenvalue weighted by atomic mass is 10.2. The van der Waals surface area contributed by atoms with E-state index < -0.39 is 10.8 Å². The second kappa shape index (κ2) is 9.51. The van der Waals surface area contributed by atoms with Crippen molar-refractivity contribution in [2.24, 2.45) is 0 Å². The molecule has 8 nitrogen and oxygen atoms in total. The molecule has 1 aliphatic rings. The summed E-state index contributed by atoms with van der Waals surface area (Å²) >= 11 is 6.43. The van der Waals surface area contributed by atoms with Gasteiger partial charge < -0.3 is 10.1 Å². The highest BCUT2D eigenvalue weighted by Gasteiger charge is 2.32. The minimum absolute atomic E-state index is 0.0551. The molecular weight excluding hydrogens is 426 g/mol. The molecule has 0 spiro atoms. The van der Waals surface area contributed by atoms with E-state index in [1.54, 1.807) is 25.3 Å². The minimum Gasteiger partial charge on any atom is -0.496 e. The summed E-state index contributed by atoms with van der Waals surface area (Å²) in [6.45, 7) is 0.0698. The Kier molecular flexibility index (Phi) is 6.80. The first-order chi connectivity index (χ1) is 14.4. The number of nitro groups is 1. The molecule has 0 radical (unpaired) electrons. The average molecular weight is 444 g/mol. The highest BCUT2D eigenvalue weighted by molar-refractivity contribution is 8.26. The minimum atomic E-state index is -0.569. The lowest BCUT2D eigenvalue weighted by Crippen LogP contribution is -2.31. The molecule has 0 aliphatic carbocycles. The molecule has 1 saturated heterocycles. The Morgan fingerprint density at radius 2 is 1.97 bits per heavy atom. The third kappa shape index (κ3) is 4.84. The maximum Gasteiger partial charge on any atom is 0.292 e. The van der Waals surface area contributed by atoms with Gasteiger partial charge in [-0.3, -0.25) is 24.6 Å². The van der Waals surface area contributed by atoms with Gasteiger partial charge in [-0.2, -0.15) is 0 Å². The van der Waals surface area contributed by atoms with Crippen molar-refractivity contribution < 1.29 is 19.2 Å². The van der Waals surface area contributed by atoms with Gasteiger partial charge in [-0.1, -0.05) is 54.3 Å². The zero-order chi connectivity index (χ0) is 21.7. The van der Waals surface area contributed by atoms with Gasteiger partial charge in [-0.15, -0.1) is 0 Å². The molecule has 0 atom stereocenters. The zero-order valence-electron chi connectivity index (χ0n) is 15.9. The number of methoxy groups -OCH3 is 1. The standard InChI is InChI=1S/C20H17N3O5S2/c1-28-16-9-5-2-6-13(16)12-17-19(25)22(20(29)30-17)11-10-18(24)21-14-7-3-4-8-15(14)23(26)27/h2-9,12H,10-11H2,1H3,(H,21,24). The lowest BCUT2D eigenvalue weighted by Gasteiger charge is -2.14. The van der Waals surface area contributed by atoms with E-state index in [4.69, 9.17) is 17.0 Å². The summed E-state index contributed by atoms with van der Waals surface area (Å²) in [5, 5.41) is 13.6. The fourth-order valence-corrected chi connectivity index (χ4v) is 4.08. The van der Waals surface area contributed by atoms with Crippen molar-refractivity contribution in [1.82, 2.24) is 4.90 Å². The Morgan fingerprint density at radius 1 is 1.27 bits per heavy atom. The first kappa shape index (κ1) is 21.5. The number of ether oxygens (including phenoxy) is 1. The maximum atomic E-state index is 12.7. The maximum absolute atomic E-state index is 12.7. The van der Waals surface area contributed by atoms with Crippen molar-refractivity contribution in [2.75, 3.05) is 19.0 Å². The first-order valence-electron chi connectivity index (χ1n) is 8.82. The van der Waals surface area contributed by atoms with E-state index in [0.717, 1.165) is 17.3 Å². The van der Waals surface area contributed by atoms with Crippen molar-refractivity contribution in [3.63, 3.8) is 0 Å². The number of nitrogens with zero attached hydrogens (tertiary/aromatic N) is 2. The molecule has 0 saturated carbocycles. The molecular formula is C20H17N3O5S2. The molecule has 1 aliphatic heterocycles. The van der Waals surface area contributed by atoms with Gasteiger partial charge in [0.1, 0.15) is 15.8 Å². The summed E-state index contributed by atoms with van der Waals surface area (Å²) in [6.07, 6.45) is 1.64. The topological polar surface area (TPSA) is 102 Å². The highest BCUT2D eigenvalue weighted by atomic mass is 32.2. The van der Waals surface area contributed by atoms with Crippen molar-refractivity contribution in [3.8, 4) is 5.75 Å². The second-order valence-corrected chi connectivity index (χ2v) is 7.82. The molecule has 2 aromatic carbocycles. The van der Waals surface area contributed by atoms with Crippen LogP contribution in [0.4, 0.5) is 11.4 Å². The Morgan fingerprint density at radius 3 is 2.70 bits per heavy atom. The van der Waals surface area contributed by atoms with E-state index in [9.17, 15) is 19.7 Å². The smallest absolute Gasteiger partial charge is 0.292 e. The Balaban J connectivity index is 1.66. The van der Waals surface area contributed by atoms with Crippen molar-refractivity contribution in [1.29, 1.82) is 0 Å². The van der Waals surface area contributed by atoms with Crippen LogP contribution in [0.25, 0.3) is 6.08 Å². The molecule has 2 aromatic rings. The monoisotopic (exact) mass is 443 g/mol. The molecule has 10 heteroatoms. The largest absolute Gasteiger partial charge is 0.496 e. The Bertz CT molecular complexity index is 1050. The summed E-state index contributed by atoms with van der Waals surface area (Å²) in [5.74, 6) is -0.118. The van der Waals surface area contributed by atoms with Crippen LogP contribution in [0.1, 0.15) is 12.0 Å². The zero-order valence-corrected chi connectivity index (χ0v) is 17.5. The lowest BCUT2D eigenvalue weighted by molar-refractivity contribution is -0.383. The van der Waals surface area contributed by atoms with Crippen LogP contribution in [-0.4, -0.2) is 39.6 Å². The number of hydrogen-bond donors (Lipinski definition) is 1. The van der Waals surface area contributed by atoms with Crippen LogP contribution in [0.2, 0.25) is 0 Å². The van der Waals surface area contributed by atoms with Gasteiger partial charge in [-0.25, -0.2) is 0 Å². The van der Waals surface area contributed by atoms with Crippen LogP contribution in [0, 0.1) is 10.1 Å². The Hall–Kier alpha value is -3.24. The molecule has 2 amide bonds. The van der Waals surface area contributed by atoms with Crippen LogP contribution in [0.3, 0.4) is 0 Å². The summed E-state index contributed by atoms with van der Waals surface area (Å²) < 4.78 is 5.64. The molecule has 1 heterocycles. The number of nitrogens with one attached hydrogen (secondary N) is 1. The number of carbonyl (C=O) groups excluding carboxylic acids is 2. The number of anilines is 1. The number of benzene rings is 2. The molecule has 154 valence electrons. The van der Waals surface area contributed by atoms with Crippen LogP contribution in [-0.2, 0) is 9.59 Å². The molecule has 1 fully saturated rings. The molecule has 1 N–H and O–H groups in total. The van der Waals surface area contributed by atoms with Gasteiger partial charge in [-0.05, 0) is 18.2 Å². The van der Waals surface area contributed by atoms with E-state index in [1.807, 2.05) is 18.2 Å². The quantitative estimate of drug-likeness (QED) is 0.300. The van der Waals surface area contributed by atoms with Crippen LogP contribution < -0.4 is 10.1 Å². The molecule has 0 unspecified atom stereocenters. The fraction of sp³-hybridized carbons (Fsp3) is 0.150. The predicted octanol–water partition coefficient (Wildman–Crippen LogP) is 3.83. The van der Waals surface area contributed by atoms with E-state index in [1.165, 1.54) is 23.1 Å². The summed E-state index contributed by atoms with van der Waals surface area (Å²) in [4.78, 5) is 37.2. The normalized spacial score (nSPS) is 14.8. The van der Waals surface area contributed by atoms with E-state index in [2.05, 4.69) is 5.32 Å². The first-order valence-corrected chi connectivity index (χ1v) is 10.0. The summed E-state index contributed by atoms with van der Waals surface area (Å²) in [5.41, 5.74) is 0.653. The van der Waals surface area contributed by atoms with Gasteiger partial charge in [0.05, 0.1) is 16.9 Å². The number of amides is 2. The third-order valence-electron chi connectivity index (χ3n) is 4.24. The number of rotatable bonds is 7. The van der Waals surface area contributed by atoms with Crippen LogP contribution >= 0.6 is 24.0 Å². The number of thioether (sulfide) groups is 1. The van der Waals surface area contributed by atoms with Gasteiger partial charge in [0.2, 0.25) is 5.91 Å². The molecule has 30 heavy (non-hydrogen) atoms.